The molecule has 1 rings (SSSR count). The molecule has 2 N–H and O–H groups in total. The maximum atomic E-state index is 12.4. The van der Waals surface area contributed by atoms with Crippen LogP contribution in [0.15, 0.2) is 24.3 Å². The third-order valence-electron chi connectivity index (χ3n) is 2.81. The molecule has 0 saturated carbocycles. The number of hydrogen-bond donors (Lipinski definition) is 1. The molecule has 0 atom stereocenters. The number of nitrogens with zero attached hydrogens (tertiary/aromatic N) is 1. The molecular weight excluding hydrogens is 301 g/mol. The van der Waals surface area contributed by atoms with E-state index in [1.165, 1.54) is 0 Å². The third-order valence-corrected chi connectivity index (χ3v) is 3.05. The molecule has 21 heavy (non-hydrogen) atoms. The molecule has 0 radical (unpaired) electrons. The van der Waals surface area contributed by atoms with Crippen LogP contribution in [0.4, 0.5) is 13.2 Å². The van der Waals surface area contributed by atoms with Crippen molar-refractivity contribution in [3.8, 4) is 0 Å². The van der Waals surface area contributed by atoms with Gasteiger partial charge in [0, 0.05) is 12.1 Å². The summed E-state index contributed by atoms with van der Waals surface area (Å²) in [6, 6.07) is 6.59. The van der Waals surface area contributed by atoms with Gasteiger partial charge in [-0.15, -0.1) is 0 Å². The summed E-state index contributed by atoms with van der Waals surface area (Å²) in [4.78, 5) is 13.0. The van der Waals surface area contributed by atoms with E-state index in [0.29, 0.717) is 17.5 Å². The molecule has 1 aromatic rings. The fourth-order valence-electron chi connectivity index (χ4n) is 1.85. The number of alkyl halides is 3. The van der Waals surface area contributed by atoms with Crippen molar-refractivity contribution in [1.29, 1.82) is 0 Å². The first-order chi connectivity index (χ1) is 9.73. The molecule has 1 amide bonds. The summed E-state index contributed by atoms with van der Waals surface area (Å²) in [6.45, 7) is 0.599. The molecule has 0 spiro atoms. The number of nitrogens with two attached hydrogens (primary N) is 1. The van der Waals surface area contributed by atoms with Crippen LogP contribution in [-0.4, -0.2) is 35.1 Å². The predicted molar refractivity (Wildman–Crippen MR) is 79.0 cm³/mol. The second-order valence-corrected chi connectivity index (χ2v) is 5.11. The molecule has 3 nitrogen and oxygen atoms in total. The average Bonchev–Trinajstić information content (AvgIpc) is 2.37. The first-order valence-corrected chi connectivity index (χ1v) is 6.87. The first kappa shape index (κ1) is 17.4. The Morgan fingerprint density at radius 1 is 1.29 bits per heavy atom. The fourth-order valence-corrected chi connectivity index (χ4v) is 1.99. The minimum atomic E-state index is -4.39. The Kier molecular flexibility index (Phi) is 6.14. The van der Waals surface area contributed by atoms with Gasteiger partial charge < -0.3 is 10.6 Å². The van der Waals surface area contributed by atoms with Crippen LogP contribution in [0, 0.1) is 0 Å². The van der Waals surface area contributed by atoms with E-state index in [-0.39, 0.29) is 18.0 Å². The Morgan fingerprint density at radius 3 is 2.29 bits per heavy atom. The summed E-state index contributed by atoms with van der Waals surface area (Å²) in [5, 5.41) is 0. The summed E-state index contributed by atoms with van der Waals surface area (Å²) >= 11 is 4.81. The van der Waals surface area contributed by atoms with E-state index in [0.717, 1.165) is 4.90 Å². The first-order valence-electron chi connectivity index (χ1n) is 6.46. The standard InChI is InChI=1S/C14H17F3N2OS/c1-2-7-19(9-14(15,16)17)12(20)8-10-3-5-11(6-4-10)13(18)21/h3-6H,2,7-9H2,1H3,(H2,18,21). The van der Waals surface area contributed by atoms with Crippen LogP contribution in [0.1, 0.15) is 24.5 Å². The topological polar surface area (TPSA) is 46.3 Å². The molecule has 116 valence electrons. The largest absolute Gasteiger partial charge is 0.406 e. The van der Waals surface area contributed by atoms with E-state index in [1.807, 2.05) is 0 Å². The van der Waals surface area contributed by atoms with Crippen molar-refractivity contribution in [2.45, 2.75) is 25.9 Å². The molecule has 0 aromatic heterocycles. The summed E-state index contributed by atoms with van der Waals surface area (Å²) in [5.41, 5.74) is 6.74. The van der Waals surface area contributed by atoms with Crippen molar-refractivity contribution in [2.24, 2.45) is 5.73 Å². The highest BCUT2D eigenvalue weighted by Crippen LogP contribution is 2.17. The van der Waals surface area contributed by atoms with Gasteiger partial charge in [-0.05, 0) is 12.0 Å². The van der Waals surface area contributed by atoms with E-state index < -0.39 is 18.6 Å². The quantitative estimate of drug-likeness (QED) is 0.820. The second kappa shape index (κ2) is 7.40. The lowest BCUT2D eigenvalue weighted by Crippen LogP contribution is -2.40. The zero-order valence-corrected chi connectivity index (χ0v) is 12.4. The van der Waals surface area contributed by atoms with E-state index in [4.69, 9.17) is 18.0 Å². The number of halogens is 3. The maximum Gasteiger partial charge on any atom is 0.406 e. The van der Waals surface area contributed by atoms with Crippen molar-refractivity contribution < 1.29 is 18.0 Å². The van der Waals surface area contributed by atoms with Gasteiger partial charge in [0.1, 0.15) is 11.5 Å². The highest BCUT2D eigenvalue weighted by molar-refractivity contribution is 7.80. The normalized spacial score (nSPS) is 11.2. The maximum absolute atomic E-state index is 12.4. The van der Waals surface area contributed by atoms with Gasteiger partial charge in [0.2, 0.25) is 5.91 Å². The van der Waals surface area contributed by atoms with Gasteiger partial charge in [-0.25, -0.2) is 0 Å². The molecule has 0 aliphatic rings. The van der Waals surface area contributed by atoms with E-state index >= 15 is 0 Å². The van der Waals surface area contributed by atoms with Crippen molar-refractivity contribution in [3.63, 3.8) is 0 Å². The molecule has 0 aliphatic carbocycles. The number of amides is 1. The highest BCUT2D eigenvalue weighted by atomic mass is 32.1. The number of carbonyl (C=O) groups is 1. The zero-order chi connectivity index (χ0) is 16.0. The van der Waals surface area contributed by atoms with Gasteiger partial charge in [-0.1, -0.05) is 43.4 Å². The van der Waals surface area contributed by atoms with Crippen LogP contribution in [0.3, 0.4) is 0 Å². The van der Waals surface area contributed by atoms with Crippen molar-refractivity contribution in [3.05, 3.63) is 35.4 Å². The average molecular weight is 318 g/mol. The third kappa shape index (κ3) is 6.12. The van der Waals surface area contributed by atoms with E-state index in [2.05, 4.69) is 0 Å². The fraction of sp³-hybridized carbons (Fsp3) is 0.429. The van der Waals surface area contributed by atoms with Crippen LogP contribution >= 0.6 is 12.2 Å². The van der Waals surface area contributed by atoms with Crippen LogP contribution in [0.5, 0.6) is 0 Å². The lowest BCUT2D eigenvalue weighted by Gasteiger charge is -2.23. The number of hydrogen-bond acceptors (Lipinski definition) is 2. The Labute approximate surface area is 126 Å². The van der Waals surface area contributed by atoms with Gasteiger partial charge in [0.25, 0.3) is 0 Å². The van der Waals surface area contributed by atoms with Crippen molar-refractivity contribution in [1.82, 2.24) is 4.90 Å². The van der Waals surface area contributed by atoms with Gasteiger partial charge in [-0.3, -0.25) is 4.79 Å². The Morgan fingerprint density at radius 2 is 1.86 bits per heavy atom. The summed E-state index contributed by atoms with van der Waals surface area (Å²) in [5.74, 6) is -0.544. The lowest BCUT2D eigenvalue weighted by molar-refractivity contribution is -0.160. The lowest BCUT2D eigenvalue weighted by atomic mass is 10.1. The Hall–Kier alpha value is -1.63. The molecule has 0 saturated heterocycles. The van der Waals surface area contributed by atoms with Gasteiger partial charge in [0.15, 0.2) is 0 Å². The molecule has 0 heterocycles. The van der Waals surface area contributed by atoms with Crippen LogP contribution < -0.4 is 5.73 Å². The molecule has 0 aliphatic heterocycles. The highest BCUT2D eigenvalue weighted by Gasteiger charge is 2.32. The second-order valence-electron chi connectivity index (χ2n) is 4.67. The minimum absolute atomic E-state index is 0.0757. The molecular formula is C14H17F3N2OS. The van der Waals surface area contributed by atoms with Crippen LogP contribution in [-0.2, 0) is 11.2 Å². The van der Waals surface area contributed by atoms with Gasteiger partial charge in [0.05, 0.1) is 6.42 Å². The van der Waals surface area contributed by atoms with Gasteiger partial charge >= 0.3 is 6.18 Å². The molecule has 0 fully saturated rings. The number of rotatable bonds is 6. The molecule has 0 bridgehead atoms. The Bertz CT molecular complexity index is 500. The Balaban J connectivity index is 2.74. The zero-order valence-electron chi connectivity index (χ0n) is 11.6. The molecule has 7 heteroatoms. The summed E-state index contributed by atoms with van der Waals surface area (Å²) in [7, 11) is 0. The van der Waals surface area contributed by atoms with E-state index in [9.17, 15) is 18.0 Å². The van der Waals surface area contributed by atoms with E-state index in [1.54, 1.807) is 31.2 Å². The summed E-state index contributed by atoms with van der Waals surface area (Å²) < 4.78 is 37.3. The smallest absolute Gasteiger partial charge is 0.389 e. The number of thiocarbonyl (C=S) groups is 1. The number of benzene rings is 1. The van der Waals surface area contributed by atoms with Crippen LogP contribution in [0.25, 0.3) is 0 Å². The van der Waals surface area contributed by atoms with Gasteiger partial charge in [-0.2, -0.15) is 13.2 Å². The van der Waals surface area contributed by atoms with Crippen molar-refractivity contribution in [2.75, 3.05) is 13.1 Å². The number of carbonyl (C=O) groups excluding carboxylic acids is 1. The van der Waals surface area contributed by atoms with Crippen molar-refractivity contribution >= 4 is 23.1 Å². The minimum Gasteiger partial charge on any atom is -0.389 e. The molecule has 1 aromatic carbocycles. The molecule has 0 unspecified atom stereocenters. The SMILES string of the molecule is CCCN(CC(F)(F)F)C(=O)Cc1ccc(C(N)=S)cc1. The predicted octanol–water partition coefficient (Wildman–Crippen LogP) is 2.66. The van der Waals surface area contributed by atoms with Crippen LogP contribution in [0.2, 0.25) is 0 Å². The monoisotopic (exact) mass is 318 g/mol. The summed E-state index contributed by atoms with van der Waals surface area (Å²) in [6.07, 6.45) is -3.99.